The van der Waals surface area contributed by atoms with Crippen LogP contribution in [0.4, 0.5) is 0 Å². The molecule has 21 heavy (non-hydrogen) atoms. The third-order valence-corrected chi connectivity index (χ3v) is 6.12. The molecule has 0 radical (unpaired) electrons. The molecule has 2 aromatic rings. The van der Waals surface area contributed by atoms with E-state index in [9.17, 15) is 8.42 Å². The van der Waals surface area contributed by atoms with E-state index in [1.807, 2.05) is 0 Å². The zero-order chi connectivity index (χ0) is 14.9. The van der Waals surface area contributed by atoms with Crippen LogP contribution in [0.25, 0.3) is 11.0 Å². The molecule has 0 spiro atoms. The highest BCUT2D eigenvalue weighted by molar-refractivity contribution is 7.89. The lowest BCUT2D eigenvalue weighted by Crippen LogP contribution is -2.49. The smallest absolute Gasteiger partial charge is 0.245 e. The third-order valence-electron chi connectivity index (χ3n) is 3.64. The maximum Gasteiger partial charge on any atom is 0.245 e. The summed E-state index contributed by atoms with van der Waals surface area (Å²) < 4.78 is 35.3. The zero-order valence-corrected chi connectivity index (χ0v) is 13.1. The van der Waals surface area contributed by atoms with Gasteiger partial charge in [-0.05, 0) is 12.1 Å². The lowest BCUT2D eigenvalue weighted by Gasteiger charge is -2.33. The molecular formula is C12H17N5O2S2. The van der Waals surface area contributed by atoms with Crippen LogP contribution in [0.1, 0.15) is 0 Å². The number of hydrogen-bond acceptors (Lipinski definition) is 7. The van der Waals surface area contributed by atoms with Gasteiger partial charge in [0.1, 0.15) is 15.9 Å². The second-order valence-corrected chi connectivity index (χ2v) is 7.36. The fourth-order valence-electron chi connectivity index (χ4n) is 2.50. The van der Waals surface area contributed by atoms with E-state index >= 15 is 0 Å². The van der Waals surface area contributed by atoms with Gasteiger partial charge in [-0.1, -0.05) is 6.07 Å². The van der Waals surface area contributed by atoms with E-state index in [1.165, 1.54) is 4.31 Å². The Morgan fingerprint density at radius 2 is 1.95 bits per heavy atom. The number of hydrogen-bond donors (Lipinski definition) is 1. The summed E-state index contributed by atoms with van der Waals surface area (Å²) in [5.74, 6) is 0. The van der Waals surface area contributed by atoms with Gasteiger partial charge < -0.3 is 5.73 Å². The minimum atomic E-state index is -3.52. The van der Waals surface area contributed by atoms with Crippen molar-refractivity contribution >= 4 is 32.8 Å². The molecule has 2 heterocycles. The van der Waals surface area contributed by atoms with Crippen LogP contribution >= 0.6 is 11.7 Å². The largest absolute Gasteiger partial charge is 0.329 e. The van der Waals surface area contributed by atoms with Gasteiger partial charge >= 0.3 is 0 Å². The van der Waals surface area contributed by atoms with Crippen LogP contribution in [0.3, 0.4) is 0 Å². The van der Waals surface area contributed by atoms with E-state index in [1.54, 1.807) is 18.2 Å². The number of fused-ring (bicyclic) bond motifs is 1. The number of rotatable bonds is 4. The van der Waals surface area contributed by atoms with Crippen molar-refractivity contribution in [1.29, 1.82) is 0 Å². The van der Waals surface area contributed by atoms with Crippen molar-refractivity contribution in [3.05, 3.63) is 18.2 Å². The number of piperazine rings is 1. The molecule has 0 amide bonds. The van der Waals surface area contributed by atoms with Crippen molar-refractivity contribution in [3.63, 3.8) is 0 Å². The van der Waals surface area contributed by atoms with Crippen molar-refractivity contribution in [2.24, 2.45) is 5.73 Å². The molecule has 1 aromatic heterocycles. The Kier molecular flexibility index (Phi) is 4.18. The maximum absolute atomic E-state index is 12.8. The summed E-state index contributed by atoms with van der Waals surface area (Å²) in [7, 11) is -3.52. The standard InChI is InChI=1S/C12H17N5O2S2/c13-4-5-16-6-8-17(9-7-16)21(18,19)11-3-1-2-10-12(11)15-20-14-10/h1-3H,4-9,13H2. The highest BCUT2D eigenvalue weighted by atomic mass is 32.2. The zero-order valence-electron chi connectivity index (χ0n) is 11.5. The Bertz CT molecular complexity index is 722. The first kappa shape index (κ1) is 14.8. The van der Waals surface area contributed by atoms with Crippen LogP contribution in [0, 0.1) is 0 Å². The number of nitrogens with zero attached hydrogens (tertiary/aromatic N) is 4. The second kappa shape index (κ2) is 5.93. The van der Waals surface area contributed by atoms with Crippen LogP contribution in [-0.2, 0) is 10.0 Å². The molecule has 0 saturated carbocycles. The van der Waals surface area contributed by atoms with Gasteiger partial charge in [0.2, 0.25) is 10.0 Å². The average Bonchev–Trinajstić information content (AvgIpc) is 2.96. The van der Waals surface area contributed by atoms with Crippen molar-refractivity contribution in [1.82, 2.24) is 18.0 Å². The van der Waals surface area contributed by atoms with Gasteiger partial charge in [-0.25, -0.2) is 8.42 Å². The summed E-state index contributed by atoms with van der Waals surface area (Å²) in [6, 6.07) is 5.09. The SMILES string of the molecule is NCCN1CCN(S(=O)(=O)c2cccc3nsnc23)CC1. The first-order valence-electron chi connectivity index (χ1n) is 6.77. The Balaban J connectivity index is 1.86. The normalized spacial score (nSPS) is 18.3. The molecule has 1 aliphatic rings. The fourth-order valence-corrected chi connectivity index (χ4v) is 4.68. The van der Waals surface area contributed by atoms with Crippen molar-refractivity contribution in [3.8, 4) is 0 Å². The Morgan fingerprint density at radius 3 is 2.67 bits per heavy atom. The molecule has 0 aliphatic carbocycles. The first-order chi connectivity index (χ1) is 10.1. The van der Waals surface area contributed by atoms with Gasteiger partial charge in [-0.2, -0.15) is 13.1 Å². The highest BCUT2D eigenvalue weighted by Gasteiger charge is 2.30. The summed E-state index contributed by atoms with van der Waals surface area (Å²) >= 11 is 1.03. The van der Waals surface area contributed by atoms with Gasteiger partial charge in [-0.3, -0.25) is 4.90 Å². The molecule has 1 aromatic carbocycles. The summed E-state index contributed by atoms with van der Waals surface area (Å²) in [5.41, 5.74) is 6.63. The van der Waals surface area contributed by atoms with Gasteiger partial charge in [0.25, 0.3) is 0 Å². The van der Waals surface area contributed by atoms with Gasteiger partial charge in [0.05, 0.1) is 11.7 Å². The third kappa shape index (κ3) is 2.79. The maximum atomic E-state index is 12.8. The summed E-state index contributed by atoms with van der Waals surface area (Å²) in [6.07, 6.45) is 0. The predicted octanol–water partition coefficient (Wildman–Crippen LogP) is -0.0437. The Hall–Kier alpha value is -1.13. The number of benzene rings is 1. The van der Waals surface area contributed by atoms with Gasteiger partial charge in [-0.15, -0.1) is 0 Å². The van der Waals surface area contributed by atoms with Crippen LogP contribution < -0.4 is 5.73 Å². The quantitative estimate of drug-likeness (QED) is 0.847. The van der Waals surface area contributed by atoms with E-state index < -0.39 is 10.0 Å². The van der Waals surface area contributed by atoms with Crippen LogP contribution in [0.5, 0.6) is 0 Å². The molecule has 7 nitrogen and oxygen atoms in total. The summed E-state index contributed by atoms with van der Waals surface area (Å²) in [6.45, 7) is 3.78. The fraction of sp³-hybridized carbons (Fsp3) is 0.500. The molecule has 0 unspecified atom stereocenters. The summed E-state index contributed by atoms with van der Waals surface area (Å²) in [4.78, 5) is 2.43. The van der Waals surface area contributed by atoms with Crippen molar-refractivity contribution in [2.45, 2.75) is 4.90 Å². The Labute approximate surface area is 127 Å². The number of aromatic nitrogens is 2. The molecule has 0 bridgehead atoms. The van der Waals surface area contributed by atoms with E-state index in [-0.39, 0.29) is 4.90 Å². The van der Waals surface area contributed by atoms with E-state index in [4.69, 9.17) is 5.73 Å². The number of nitrogens with two attached hydrogens (primary N) is 1. The molecular weight excluding hydrogens is 310 g/mol. The number of sulfonamides is 1. The first-order valence-corrected chi connectivity index (χ1v) is 8.94. The van der Waals surface area contributed by atoms with E-state index in [2.05, 4.69) is 13.6 Å². The topological polar surface area (TPSA) is 92.4 Å². The average molecular weight is 327 g/mol. The van der Waals surface area contributed by atoms with Crippen LogP contribution in [0.2, 0.25) is 0 Å². The van der Waals surface area contributed by atoms with Crippen LogP contribution in [-0.4, -0.2) is 65.6 Å². The lowest BCUT2D eigenvalue weighted by atomic mass is 10.3. The summed E-state index contributed by atoms with van der Waals surface area (Å²) in [5, 5.41) is 0. The monoisotopic (exact) mass is 327 g/mol. The van der Waals surface area contributed by atoms with E-state index in [0.29, 0.717) is 43.8 Å². The minimum absolute atomic E-state index is 0.251. The highest BCUT2D eigenvalue weighted by Crippen LogP contribution is 2.25. The molecule has 1 fully saturated rings. The van der Waals surface area contributed by atoms with E-state index in [0.717, 1.165) is 18.3 Å². The predicted molar refractivity (Wildman–Crippen MR) is 81.7 cm³/mol. The second-order valence-electron chi connectivity index (χ2n) is 4.92. The van der Waals surface area contributed by atoms with Crippen molar-refractivity contribution in [2.75, 3.05) is 39.3 Å². The molecule has 9 heteroatoms. The molecule has 2 N–H and O–H groups in total. The molecule has 1 aliphatic heterocycles. The molecule has 3 rings (SSSR count). The molecule has 0 atom stereocenters. The molecule has 114 valence electrons. The molecule has 1 saturated heterocycles. The Morgan fingerprint density at radius 1 is 1.19 bits per heavy atom. The van der Waals surface area contributed by atoms with Gasteiger partial charge in [0.15, 0.2) is 0 Å². The van der Waals surface area contributed by atoms with Gasteiger partial charge in [0, 0.05) is 39.3 Å². The minimum Gasteiger partial charge on any atom is -0.329 e. The van der Waals surface area contributed by atoms with Crippen LogP contribution in [0.15, 0.2) is 23.1 Å². The lowest BCUT2D eigenvalue weighted by molar-refractivity contribution is 0.193. The van der Waals surface area contributed by atoms with Crippen molar-refractivity contribution < 1.29 is 8.42 Å².